The fourth-order valence-electron chi connectivity index (χ4n) is 1.17. The Balaban J connectivity index is 0.000000443. The van der Waals surface area contributed by atoms with Crippen LogP contribution in [0.3, 0.4) is 0 Å². The number of halogens is 10. The van der Waals surface area contributed by atoms with Crippen molar-refractivity contribution in [2.75, 3.05) is 0 Å². The van der Waals surface area contributed by atoms with Crippen LogP contribution < -0.4 is 0 Å². The van der Waals surface area contributed by atoms with Crippen molar-refractivity contribution in [3.05, 3.63) is 58.2 Å². The summed E-state index contributed by atoms with van der Waals surface area (Å²) in [6.45, 7) is 0. The molecule has 0 N–H and O–H groups in total. The van der Waals surface area contributed by atoms with Crippen molar-refractivity contribution in [3.8, 4) is 0 Å². The molecule has 2 aromatic carbocycles. The maximum absolute atomic E-state index is 12.3. The van der Waals surface area contributed by atoms with Crippen molar-refractivity contribution in [1.82, 2.24) is 0 Å². The molecule has 0 nitrogen and oxygen atoms in total. The monoisotopic (exact) mass is 456 g/mol. The fraction of sp³-hybridized carbons (Fsp3) is 0. The molecule has 0 fully saturated rings. The van der Waals surface area contributed by atoms with Gasteiger partial charge in [-0.2, -0.15) is 0 Å². The molecule has 0 aliphatic carbocycles. The van der Waals surface area contributed by atoms with E-state index in [0.29, 0.717) is 0 Å². The Hall–Kier alpha value is -1.33. The van der Waals surface area contributed by atoms with Gasteiger partial charge in [-0.1, -0.05) is 9.79 Å². The average Bonchev–Trinajstić information content (AvgIpc) is 2.58. The molecule has 25 heavy (non-hydrogen) atoms. The minimum Gasteiger partial charge on any atom is -0.774 e. The van der Waals surface area contributed by atoms with Crippen molar-refractivity contribution in [2.45, 2.75) is 9.79 Å². The van der Waals surface area contributed by atoms with E-state index in [4.69, 9.17) is 0 Å². The summed E-state index contributed by atoms with van der Waals surface area (Å²) in [5.41, 5.74) is 0. The number of rotatable bonds is 0. The summed E-state index contributed by atoms with van der Waals surface area (Å²) in [5, 5.41) is 0. The maximum atomic E-state index is 12.3. The molecule has 0 saturated heterocycles. The third kappa shape index (κ3) is 4.45. The molecule has 0 unspecified atom stereocenters. The fourth-order valence-corrected chi connectivity index (χ4v) is 1.53. The Labute approximate surface area is 154 Å². The molecule has 0 atom stereocenters. The SMILES string of the molecule is Fc1c(F)c(F)c([S-])c(F)c1F.Fc1c(F)c(F)c([S-])c(F)c1F.[Ni+2]. The summed E-state index contributed by atoms with van der Waals surface area (Å²) in [7, 11) is 0. The van der Waals surface area contributed by atoms with Gasteiger partial charge in [-0.3, -0.25) is 0 Å². The van der Waals surface area contributed by atoms with E-state index in [2.05, 4.69) is 25.3 Å². The molecule has 2 aromatic rings. The van der Waals surface area contributed by atoms with E-state index in [-0.39, 0.29) is 16.5 Å². The van der Waals surface area contributed by atoms with Crippen LogP contribution in [-0.2, 0) is 41.7 Å². The van der Waals surface area contributed by atoms with Crippen molar-refractivity contribution < 1.29 is 60.4 Å². The third-order valence-corrected chi connectivity index (χ3v) is 3.06. The number of hydrogen-bond acceptors (Lipinski definition) is 2. The van der Waals surface area contributed by atoms with E-state index in [0.717, 1.165) is 0 Å². The Kier molecular flexibility index (Phi) is 8.39. The van der Waals surface area contributed by atoms with E-state index < -0.39 is 68.0 Å². The number of benzene rings is 2. The molecule has 0 aliphatic heterocycles. The average molecular weight is 457 g/mol. The van der Waals surface area contributed by atoms with E-state index in [9.17, 15) is 43.9 Å². The zero-order valence-electron chi connectivity index (χ0n) is 10.9. The van der Waals surface area contributed by atoms with Crippen LogP contribution in [0, 0.1) is 58.2 Å². The van der Waals surface area contributed by atoms with Gasteiger partial charge in [-0.15, -0.1) is 0 Å². The molecule has 13 heteroatoms. The van der Waals surface area contributed by atoms with Gasteiger partial charge in [0, 0.05) is 0 Å². The van der Waals surface area contributed by atoms with E-state index >= 15 is 0 Å². The van der Waals surface area contributed by atoms with Gasteiger partial charge in [-0.05, 0) is 0 Å². The van der Waals surface area contributed by atoms with E-state index in [1.54, 1.807) is 0 Å². The standard InChI is InChI=1S/2C6HF5S.Ni/c2*7-1-2(8)4(10)6(12)5(11)3(1)9;/h2*12H;/q;;+2/p-2. The summed E-state index contributed by atoms with van der Waals surface area (Å²) < 4.78 is 122. The first kappa shape index (κ1) is 23.7. The summed E-state index contributed by atoms with van der Waals surface area (Å²) in [6.07, 6.45) is 0. The molecule has 0 bridgehead atoms. The van der Waals surface area contributed by atoms with Crippen molar-refractivity contribution in [1.29, 1.82) is 0 Å². The molecular formula is C12F10NiS2. The van der Waals surface area contributed by atoms with Crippen LogP contribution in [0.2, 0.25) is 0 Å². The molecule has 0 spiro atoms. The summed E-state index contributed by atoms with van der Waals surface area (Å²) in [5.74, 6) is -20.3. The molecule has 0 heterocycles. The van der Waals surface area contributed by atoms with Crippen LogP contribution in [0.25, 0.3) is 0 Å². The summed E-state index contributed by atoms with van der Waals surface area (Å²) in [6, 6.07) is 0. The van der Waals surface area contributed by atoms with Gasteiger partial charge in [0.25, 0.3) is 0 Å². The van der Waals surface area contributed by atoms with Gasteiger partial charge in [0.2, 0.25) is 0 Å². The Morgan fingerprint density at radius 3 is 0.600 bits per heavy atom. The molecule has 0 aliphatic rings. The minimum absolute atomic E-state index is 0. The molecule has 0 aromatic heterocycles. The van der Waals surface area contributed by atoms with Gasteiger partial charge < -0.3 is 25.3 Å². The van der Waals surface area contributed by atoms with Gasteiger partial charge in [0.15, 0.2) is 34.9 Å². The van der Waals surface area contributed by atoms with Crippen molar-refractivity contribution in [3.63, 3.8) is 0 Å². The van der Waals surface area contributed by atoms with Crippen LogP contribution in [0.4, 0.5) is 43.9 Å². The van der Waals surface area contributed by atoms with Crippen molar-refractivity contribution in [2.24, 2.45) is 0 Å². The summed E-state index contributed by atoms with van der Waals surface area (Å²) >= 11 is 7.86. The van der Waals surface area contributed by atoms with Crippen molar-refractivity contribution >= 4 is 25.3 Å². The predicted molar refractivity (Wildman–Crippen MR) is 63.7 cm³/mol. The quantitative estimate of drug-likeness (QED) is 0.187. The second-order valence-corrected chi connectivity index (χ2v) is 4.61. The van der Waals surface area contributed by atoms with Crippen LogP contribution in [0.5, 0.6) is 0 Å². The second kappa shape index (κ2) is 8.86. The smallest absolute Gasteiger partial charge is 0.774 e. The van der Waals surface area contributed by atoms with Gasteiger partial charge >= 0.3 is 16.5 Å². The zero-order valence-corrected chi connectivity index (χ0v) is 13.5. The second-order valence-electron chi connectivity index (χ2n) is 3.80. The first-order chi connectivity index (χ1) is 10.9. The Bertz CT molecular complexity index is 534. The van der Waals surface area contributed by atoms with Gasteiger partial charge in [-0.25, -0.2) is 43.9 Å². The molecule has 2 rings (SSSR count). The maximum Gasteiger partial charge on any atom is 2.00 e. The van der Waals surface area contributed by atoms with E-state index in [1.807, 2.05) is 0 Å². The molecule has 140 valence electrons. The number of hydrogen-bond donors (Lipinski definition) is 0. The van der Waals surface area contributed by atoms with Gasteiger partial charge in [0.05, 0.1) is 0 Å². The molecule has 0 radical (unpaired) electrons. The first-order valence-corrected chi connectivity index (χ1v) is 6.11. The Morgan fingerprint density at radius 2 is 0.440 bits per heavy atom. The normalized spacial score (nSPS) is 10.0. The molecule has 0 amide bonds. The van der Waals surface area contributed by atoms with Gasteiger partial charge in [0.1, 0.15) is 23.3 Å². The minimum atomic E-state index is -2.20. The topological polar surface area (TPSA) is 0 Å². The molecule has 0 saturated carbocycles. The molecular weight excluding hydrogens is 457 g/mol. The third-order valence-electron chi connectivity index (χ3n) is 2.34. The zero-order chi connectivity index (χ0) is 18.9. The van der Waals surface area contributed by atoms with E-state index in [1.165, 1.54) is 0 Å². The van der Waals surface area contributed by atoms with Crippen LogP contribution in [0.15, 0.2) is 9.79 Å². The summed E-state index contributed by atoms with van der Waals surface area (Å²) in [4.78, 5) is -2.57. The Morgan fingerprint density at radius 1 is 0.320 bits per heavy atom. The first-order valence-electron chi connectivity index (χ1n) is 5.30. The largest absolute Gasteiger partial charge is 2.00 e. The van der Waals surface area contributed by atoms with Crippen LogP contribution in [-0.4, -0.2) is 0 Å². The van der Waals surface area contributed by atoms with Crippen LogP contribution >= 0.6 is 0 Å². The predicted octanol–water partition coefficient (Wildman–Crippen LogP) is 4.57. The van der Waals surface area contributed by atoms with Crippen LogP contribution in [0.1, 0.15) is 0 Å².